The molecule has 3 atom stereocenters. The van der Waals surface area contributed by atoms with E-state index in [-0.39, 0.29) is 47.0 Å². The first-order valence-corrected chi connectivity index (χ1v) is 16.4. The van der Waals surface area contributed by atoms with Gasteiger partial charge in [-0.3, -0.25) is 14.6 Å². The van der Waals surface area contributed by atoms with Gasteiger partial charge in [0.05, 0.1) is 52.4 Å². The standard InChI is InChI=1S/C35H35ClF2N8O2/c1-18-12-28-25(15-40-43-28)29(19(18)2)30-27(36)14-24-32(31(30)38)42-34(48-17-23-6-5-10-44(23)4)26-16-41-46(33(24)26)22-8-11-45(35(47)20(3)37)21(13-22)7-9-39/h12,14-16,21-23H,3,5-8,10-11,13,17H2,1-2,4H3,(H,40,43)/t21-,22+,23?/m1/s1. The summed E-state index contributed by atoms with van der Waals surface area (Å²) < 4.78 is 39.2. The molecule has 2 aromatic carbocycles. The molecule has 248 valence electrons. The Labute approximate surface area is 280 Å². The van der Waals surface area contributed by atoms with E-state index in [9.17, 15) is 14.4 Å². The Balaban J connectivity index is 1.41. The molecule has 10 nitrogen and oxygen atoms in total. The summed E-state index contributed by atoms with van der Waals surface area (Å²) in [5.41, 5.74) is 4.14. The molecule has 1 N–H and O–H groups in total. The van der Waals surface area contributed by atoms with Crippen LogP contribution in [0.4, 0.5) is 8.78 Å². The molecule has 1 amide bonds. The Kier molecular flexibility index (Phi) is 8.29. The predicted molar refractivity (Wildman–Crippen MR) is 180 cm³/mol. The monoisotopic (exact) mass is 672 g/mol. The third-order valence-electron chi connectivity index (χ3n) is 10.1. The molecule has 48 heavy (non-hydrogen) atoms. The number of likely N-dealkylation sites (N-methyl/N-ethyl adjacent to an activating group) is 1. The van der Waals surface area contributed by atoms with E-state index in [1.165, 1.54) is 4.90 Å². The lowest BCUT2D eigenvalue weighted by atomic mass is 9.92. The lowest BCUT2D eigenvalue weighted by Gasteiger charge is -2.38. The number of halogens is 3. The SMILES string of the molecule is C=C(F)C(=O)N1CC[C@H](n2ncc3c(OCC4CCCN4C)nc4c(F)c(-c5c(C)c(C)cc6[nH]ncc56)c(Cl)cc4c32)C[C@H]1CC#N. The normalized spacial score (nSPS) is 20.2. The Morgan fingerprint density at radius 3 is 2.71 bits per heavy atom. The fourth-order valence-corrected chi connectivity index (χ4v) is 7.74. The topological polar surface area (TPSA) is 116 Å². The van der Waals surface area contributed by atoms with Gasteiger partial charge < -0.3 is 14.5 Å². The Morgan fingerprint density at radius 1 is 1.17 bits per heavy atom. The summed E-state index contributed by atoms with van der Waals surface area (Å²) in [5, 5.41) is 23.5. The molecule has 1 unspecified atom stereocenters. The number of benzene rings is 2. The van der Waals surface area contributed by atoms with Gasteiger partial charge in [-0.05, 0) is 76.4 Å². The van der Waals surface area contributed by atoms with Gasteiger partial charge >= 0.3 is 0 Å². The molecule has 3 aromatic heterocycles. The number of aryl methyl sites for hydroxylation is 1. The molecule has 0 radical (unpaired) electrons. The first-order valence-electron chi connectivity index (χ1n) is 16.1. The average molecular weight is 673 g/mol. The van der Waals surface area contributed by atoms with Crippen molar-refractivity contribution in [1.29, 1.82) is 5.26 Å². The maximum absolute atomic E-state index is 17.1. The number of aromatic amines is 1. The molecular formula is C35H35ClF2N8O2. The van der Waals surface area contributed by atoms with Crippen molar-refractivity contribution < 1.29 is 18.3 Å². The lowest BCUT2D eigenvalue weighted by molar-refractivity contribution is -0.132. The molecule has 2 aliphatic heterocycles. The zero-order valence-corrected chi connectivity index (χ0v) is 27.7. The van der Waals surface area contributed by atoms with E-state index in [0.29, 0.717) is 41.3 Å². The van der Waals surface area contributed by atoms with Crippen LogP contribution in [0.5, 0.6) is 5.88 Å². The molecule has 2 aliphatic rings. The summed E-state index contributed by atoms with van der Waals surface area (Å²) in [4.78, 5) is 21.0. The number of ether oxygens (including phenoxy) is 1. The van der Waals surface area contributed by atoms with Crippen LogP contribution >= 0.6 is 11.6 Å². The van der Waals surface area contributed by atoms with Gasteiger partial charge in [0, 0.05) is 40.5 Å². The van der Waals surface area contributed by atoms with Crippen molar-refractivity contribution in [2.75, 3.05) is 26.7 Å². The number of rotatable bonds is 7. The summed E-state index contributed by atoms with van der Waals surface area (Å²) in [7, 11) is 2.06. The third-order valence-corrected chi connectivity index (χ3v) is 10.4. The van der Waals surface area contributed by atoms with Crippen LogP contribution in [-0.4, -0.2) is 79.5 Å². The Bertz CT molecular complexity index is 2150. The second kappa shape index (κ2) is 12.5. The number of nitrogens with one attached hydrogen (secondary N) is 1. The highest BCUT2D eigenvalue weighted by Gasteiger charge is 2.35. The van der Waals surface area contributed by atoms with Crippen LogP contribution in [0.2, 0.25) is 5.02 Å². The number of likely N-dealkylation sites (tertiary alicyclic amines) is 2. The van der Waals surface area contributed by atoms with Crippen LogP contribution in [0.15, 0.2) is 36.9 Å². The van der Waals surface area contributed by atoms with Crippen molar-refractivity contribution >= 4 is 50.2 Å². The first-order chi connectivity index (χ1) is 23.1. The quantitative estimate of drug-likeness (QED) is 0.186. The Hall–Kier alpha value is -4.60. The van der Waals surface area contributed by atoms with Gasteiger partial charge in [-0.2, -0.15) is 15.5 Å². The maximum Gasteiger partial charge on any atom is 0.282 e. The third kappa shape index (κ3) is 5.25. The number of carbonyl (C=O) groups excluding carboxylic acids is 1. The molecule has 0 spiro atoms. The van der Waals surface area contributed by atoms with Crippen molar-refractivity contribution in [1.82, 2.24) is 34.8 Å². The number of amides is 1. The molecule has 0 saturated carbocycles. The predicted octanol–water partition coefficient (Wildman–Crippen LogP) is 6.94. The van der Waals surface area contributed by atoms with E-state index in [4.69, 9.17) is 26.4 Å². The average Bonchev–Trinajstić information content (AvgIpc) is 3.82. The number of pyridine rings is 1. The van der Waals surface area contributed by atoms with E-state index in [1.807, 2.05) is 19.9 Å². The molecular weight excluding hydrogens is 638 g/mol. The number of nitrogens with zero attached hydrogens (tertiary/aromatic N) is 7. The molecule has 5 aromatic rings. The van der Waals surface area contributed by atoms with Crippen LogP contribution in [0, 0.1) is 31.0 Å². The van der Waals surface area contributed by atoms with Gasteiger partial charge in [0.1, 0.15) is 12.1 Å². The van der Waals surface area contributed by atoms with Crippen molar-refractivity contribution in [2.45, 2.75) is 64.1 Å². The van der Waals surface area contributed by atoms with Crippen LogP contribution in [0.1, 0.15) is 49.3 Å². The van der Waals surface area contributed by atoms with Crippen molar-refractivity contribution in [3.63, 3.8) is 0 Å². The molecule has 2 fully saturated rings. The zero-order chi connectivity index (χ0) is 33.9. The van der Waals surface area contributed by atoms with Crippen LogP contribution in [0.25, 0.3) is 43.8 Å². The van der Waals surface area contributed by atoms with Crippen LogP contribution < -0.4 is 4.74 Å². The van der Waals surface area contributed by atoms with E-state index in [1.54, 1.807) is 23.1 Å². The minimum absolute atomic E-state index is 0.0163. The van der Waals surface area contributed by atoms with Gasteiger partial charge in [-0.25, -0.2) is 13.8 Å². The molecule has 5 heterocycles. The van der Waals surface area contributed by atoms with Gasteiger partial charge in [-0.15, -0.1) is 0 Å². The van der Waals surface area contributed by atoms with Crippen LogP contribution in [-0.2, 0) is 4.79 Å². The number of hydrogen-bond acceptors (Lipinski definition) is 7. The molecule has 7 rings (SSSR count). The summed E-state index contributed by atoms with van der Waals surface area (Å²) in [6.07, 6.45) is 6.17. The fraction of sp³-hybridized carbons (Fsp3) is 0.400. The summed E-state index contributed by atoms with van der Waals surface area (Å²) in [6, 6.07) is 5.18. The van der Waals surface area contributed by atoms with Crippen molar-refractivity contribution in [3.8, 4) is 23.1 Å². The molecule has 0 aliphatic carbocycles. The number of piperidine rings is 1. The van der Waals surface area contributed by atoms with Gasteiger partial charge in [-0.1, -0.05) is 18.2 Å². The van der Waals surface area contributed by atoms with E-state index in [2.05, 4.69) is 34.8 Å². The second-order valence-electron chi connectivity index (χ2n) is 12.9. The minimum atomic E-state index is -1.06. The second-order valence-corrected chi connectivity index (χ2v) is 13.3. The highest BCUT2D eigenvalue weighted by molar-refractivity contribution is 6.35. The highest BCUT2D eigenvalue weighted by Crippen LogP contribution is 2.44. The number of H-pyrrole nitrogens is 1. The first kappa shape index (κ1) is 32.0. The Morgan fingerprint density at radius 2 is 1.98 bits per heavy atom. The highest BCUT2D eigenvalue weighted by atomic mass is 35.5. The summed E-state index contributed by atoms with van der Waals surface area (Å²) in [5.74, 6) is -2.21. The number of aromatic nitrogens is 5. The van der Waals surface area contributed by atoms with Crippen molar-refractivity contribution in [3.05, 3.63) is 58.9 Å². The number of hydrogen-bond donors (Lipinski definition) is 1. The lowest BCUT2D eigenvalue weighted by Crippen LogP contribution is -2.46. The smallest absolute Gasteiger partial charge is 0.282 e. The number of nitriles is 1. The fourth-order valence-electron chi connectivity index (χ4n) is 7.45. The zero-order valence-electron chi connectivity index (χ0n) is 27.0. The molecule has 13 heteroatoms. The molecule has 0 bridgehead atoms. The maximum atomic E-state index is 17.1. The van der Waals surface area contributed by atoms with Crippen LogP contribution in [0.3, 0.4) is 0 Å². The van der Waals surface area contributed by atoms with Crippen molar-refractivity contribution in [2.24, 2.45) is 0 Å². The minimum Gasteiger partial charge on any atom is -0.475 e. The van der Waals surface area contributed by atoms with E-state index < -0.39 is 23.6 Å². The number of carbonyl (C=O) groups is 1. The number of fused-ring (bicyclic) bond motifs is 4. The van der Waals surface area contributed by atoms with Gasteiger partial charge in [0.25, 0.3) is 5.91 Å². The van der Waals surface area contributed by atoms with Gasteiger partial charge in [0.15, 0.2) is 11.6 Å². The molecule has 2 saturated heterocycles. The van der Waals surface area contributed by atoms with Gasteiger partial charge in [0.2, 0.25) is 5.88 Å². The van der Waals surface area contributed by atoms with E-state index >= 15 is 4.39 Å². The van der Waals surface area contributed by atoms with E-state index in [0.717, 1.165) is 41.4 Å². The summed E-state index contributed by atoms with van der Waals surface area (Å²) >= 11 is 7.00. The largest absolute Gasteiger partial charge is 0.475 e. The summed E-state index contributed by atoms with van der Waals surface area (Å²) in [6.45, 7) is 8.61.